The van der Waals surface area contributed by atoms with Crippen molar-refractivity contribution in [3.05, 3.63) is 48.0 Å². The maximum absolute atomic E-state index is 8.96. The maximum Gasteiger partial charge on any atom is 0.212 e. The van der Waals surface area contributed by atoms with Gasteiger partial charge < -0.3 is 9.73 Å². The second kappa shape index (κ2) is 5.24. The van der Waals surface area contributed by atoms with Crippen LogP contribution in [0.25, 0.3) is 22.4 Å². The minimum atomic E-state index is 0.218. The van der Waals surface area contributed by atoms with Crippen molar-refractivity contribution in [3.8, 4) is 17.3 Å². The molecular formula is C17H14N4O. The lowest BCUT2D eigenvalue weighted by atomic mass is 10.1. The third-order valence-corrected chi connectivity index (χ3v) is 3.92. The van der Waals surface area contributed by atoms with Crippen LogP contribution >= 0.6 is 0 Å². The second-order valence-corrected chi connectivity index (χ2v) is 5.40. The molecule has 0 amide bonds. The molecule has 0 spiro atoms. The molecule has 5 heteroatoms. The van der Waals surface area contributed by atoms with Gasteiger partial charge in [0.1, 0.15) is 17.3 Å². The van der Waals surface area contributed by atoms with Gasteiger partial charge >= 0.3 is 0 Å². The van der Waals surface area contributed by atoms with Crippen LogP contribution in [0.4, 0.5) is 0 Å². The number of hydrogen-bond donors (Lipinski definition) is 1. The Morgan fingerprint density at radius 1 is 1.23 bits per heavy atom. The first-order valence-corrected chi connectivity index (χ1v) is 7.35. The van der Waals surface area contributed by atoms with Gasteiger partial charge in [-0.05, 0) is 49.7 Å². The van der Waals surface area contributed by atoms with Crippen molar-refractivity contribution in [1.82, 2.24) is 15.3 Å². The summed E-state index contributed by atoms with van der Waals surface area (Å²) in [6.07, 6.45) is 2.21. The Labute approximate surface area is 127 Å². The molecule has 1 aromatic carbocycles. The van der Waals surface area contributed by atoms with Crippen molar-refractivity contribution >= 4 is 11.1 Å². The summed E-state index contributed by atoms with van der Waals surface area (Å²) in [7, 11) is 0. The molecule has 1 aliphatic rings. The normalized spacial score (nSPS) is 17.7. The fourth-order valence-electron chi connectivity index (χ4n) is 2.81. The number of fused-ring (bicyclic) bond motifs is 1. The van der Waals surface area contributed by atoms with E-state index in [0.717, 1.165) is 47.6 Å². The first-order chi connectivity index (χ1) is 10.8. The zero-order valence-corrected chi connectivity index (χ0v) is 11.9. The van der Waals surface area contributed by atoms with E-state index in [-0.39, 0.29) is 6.04 Å². The lowest BCUT2D eigenvalue weighted by Gasteiger charge is -2.02. The predicted octanol–water partition coefficient (Wildman–Crippen LogP) is 3.19. The largest absolute Gasteiger partial charge is 0.439 e. The van der Waals surface area contributed by atoms with Gasteiger partial charge in [0, 0.05) is 5.56 Å². The van der Waals surface area contributed by atoms with Crippen LogP contribution in [0, 0.1) is 11.3 Å². The van der Waals surface area contributed by atoms with Gasteiger partial charge in [0.25, 0.3) is 0 Å². The van der Waals surface area contributed by atoms with E-state index in [1.165, 1.54) is 0 Å². The summed E-state index contributed by atoms with van der Waals surface area (Å²) in [4.78, 5) is 8.92. The van der Waals surface area contributed by atoms with Gasteiger partial charge in [-0.1, -0.05) is 6.07 Å². The van der Waals surface area contributed by atoms with E-state index in [1.807, 2.05) is 30.3 Å². The molecule has 0 saturated carbocycles. The van der Waals surface area contributed by atoms with Crippen molar-refractivity contribution in [2.24, 2.45) is 0 Å². The zero-order valence-electron chi connectivity index (χ0n) is 11.9. The Bertz CT molecular complexity index is 872. The number of rotatable bonds is 2. The fourth-order valence-corrected chi connectivity index (χ4v) is 2.81. The van der Waals surface area contributed by atoms with Crippen LogP contribution in [0.3, 0.4) is 0 Å². The molecule has 0 radical (unpaired) electrons. The smallest absolute Gasteiger partial charge is 0.212 e. The van der Waals surface area contributed by atoms with Crippen LogP contribution in [0.15, 0.2) is 40.8 Å². The summed E-state index contributed by atoms with van der Waals surface area (Å²) in [6.45, 7) is 1.01. The highest BCUT2D eigenvalue weighted by Gasteiger charge is 2.21. The average Bonchev–Trinajstić information content (AvgIpc) is 3.23. The van der Waals surface area contributed by atoms with E-state index in [1.54, 1.807) is 6.07 Å². The van der Waals surface area contributed by atoms with Gasteiger partial charge in [-0.2, -0.15) is 5.26 Å². The van der Waals surface area contributed by atoms with E-state index in [4.69, 9.17) is 9.68 Å². The number of nitrogens with zero attached hydrogens (tertiary/aromatic N) is 3. The highest BCUT2D eigenvalue weighted by molar-refractivity contribution is 5.79. The van der Waals surface area contributed by atoms with E-state index in [0.29, 0.717) is 5.69 Å². The Balaban J connectivity index is 1.75. The highest BCUT2D eigenvalue weighted by atomic mass is 16.3. The number of pyridine rings is 1. The number of nitrogens with one attached hydrogen (secondary N) is 1. The highest BCUT2D eigenvalue weighted by Crippen LogP contribution is 2.28. The van der Waals surface area contributed by atoms with Gasteiger partial charge in [0.05, 0.1) is 11.7 Å². The molecular weight excluding hydrogens is 276 g/mol. The Morgan fingerprint density at radius 3 is 3.00 bits per heavy atom. The van der Waals surface area contributed by atoms with Gasteiger partial charge in [-0.3, -0.25) is 0 Å². The molecule has 0 aliphatic carbocycles. The molecule has 3 heterocycles. The molecule has 0 unspecified atom stereocenters. The third kappa shape index (κ3) is 2.24. The Hall–Kier alpha value is -2.71. The number of hydrogen-bond acceptors (Lipinski definition) is 5. The average molecular weight is 290 g/mol. The van der Waals surface area contributed by atoms with Crippen molar-refractivity contribution in [2.75, 3.05) is 6.54 Å². The summed E-state index contributed by atoms with van der Waals surface area (Å²) in [5, 5.41) is 12.3. The quantitative estimate of drug-likeness (QED) is 0.784. The monoisotopic (exact) mass is 290 g/mol. The summed E-state index contributed by atoms with van der Waals surface area (Å²) in [6, 6.07) is 13.5. The maximum atomic E-state index is 8.96. The molecule has 22 heavy (non-hydrogen) atoms. The second-order valence-electron chi connectivity index (χ2n) is 5.40. The molecule has 1 aliphatic heterocycles. The van der Waals surface area contributed by atoms with Crippen LogP contribution in [-0.4, -0.2) is 16.5 Å². The molecule has 1 N–H and O–H groups in total. The predicted molar refractivity (Wildman–Crippen MR) is 81.9 cm³/mol. The number of benzene rings is 1. The van der Waals surface area contributed by atoms with Crippen LogP contribution < -0.4 is 5.32 Å². The third-order valence-electron chi connectivity index (χ3n) is 3.92. The Kier molecular flexibility index (Phi) is 3.10. The number of aromatic nitrogens is 2. The first-order valence-electron chi connectivity index (χ1n) is 7.35. The summed E-state index contributed by atoms with van der Waals surface area (Å²) in [5.74, 6) is 0.753. The summed E-state index contributed by atoms with van der Waals surface area (Å²) in [5.41, 5.74) is 3.72. The van der Waals surface area contributed by atoms with E-state index in [2.05, 4.69) is 21.4 Å². The van der Waals surface area contributed by atoms with Gasteiger partial charge in [-0.25, -0.2) is 9.97 Å². The molecule has 1 atom stereocenters. The van der Waals surface area contributed by atoms with Gasteiger partial charge in [0.2, 0.25) is 5.89 Å². The lowest BCUT2D eigenvalue weighted by Crippen LogP contribution is -2.12. The number of oxazole rings is 1. The molecule has 1 fully saturated rings. The fraction of sp³-hybridized carbons (Fsp3) is 0.235. The van der Waals surface area contributed by atoms with Crippen LogP contribution in [-0.2, 0) is 0 Å². The zero-order chi connectivity index (χ0) is 14.9. The van der Waals surface area contributed by atoms with Gasteiger partial charge in [0.15, 0.2) is 5.58 Å². The van der Waals surface area contributed by atoms with Crippen LogP contribution in [0.5, 0.6) is 0 Å². The molecule has 0 bridgehead atoms. The van der Waals surface area contributed by atoms with Crippen LogP contribution in [0.2, 0.25) is 0 Å². The van der Waals surface area contributed by atoms with E-state index < -0.39 is 0 Å². The molecule has 1 saturated heterocycles. The van der Waals surface area contributed by atoms with Crippen molar-refractivity contribution in [1.29, 1.82) is 5.26 Å². The molecule has 3 aromatic rings. The molecule has 2 aromatic heterocycles. The van der Waals surface area contributed by atoms with Crippen molar-refractivity contribution in [3.63, 3.8) is 0 Å². The molecule has 5 nitrogen and oxygen atoms in total. The van der Waals surface area contributed by atoms with Crippen molar-refractivity contribution in [2.45, 2.75) is 18.9 Å². The number of nitriles is 1. The minimum absolute atomic E-state index is 0.218. The molecule has 108 valence electrons. The Morgan fingerprint density at radius 2 is 2.18 bits per heavy atom. The van der Waals surface area contributed by atoms with E-state index in [9.17, 15) is 0 Å². The first kappa shape index (κ1) is 13.0. The van der Waals surface area contributed by atoms with Gasteiger partial charge in [-0.15, -0.1) is 0 Å². The lowest BCUT2D eigenvalue weighted by molar-refractivity contribution is 0.452. The minimum Gasteiger partial charge on any atom is -0.439 e. The van der Waals surface area contributed by atoms with Crippen molar-refractivity contribution < 1.29 is 4.42 Å². The molecule has 4 rings (SSSR count). The summed E-state index contributed by atoms with van der Waals surface area (Å²) >= 11 is 0. The standard InChI is InChI=1S/C17H14N4O/c18-10-12-3-1-4-13(20-12)11-6-7-16-15(9-11)21-17(22-16)14-5-2-8-19-14/h1,3-4,6-7,9,14,19H,2,5,8H2/t14-/m0/s1. The SMILES string of the molecule is N#Cc1cccc(-c2ccc3oc([C@@H]4CCCN4)nc3c2)n1. The van der Waals surface area contributed by atoms with Crippen LogP contribution in [0.1, 0.15) is 30.5 Å². The summed E-state index contributed by atoms with van der Waals surface area (Å²) < 4.78 is 5.84. The van der Waals surface area contributed by atoms with E-state index >= 15 is 0 Å². The topological polar surface area (TPSA) is 74.7 Å².